The zero-order valence-electron chi connectivity index (χ0n) is 19.3. The maximum atomic E-state index is 14.0. The Balaban J connectivity index is 1.86. The van der Waals surface area contributed by atoms with Gasteiger partial charge in [0.1, 0.15) is 5.75 Å². The smallest absolute Gasteiger partial charge is 0.416 e. The van der Waals surface area contributed by atoms with Gasteiger partial charge in [-0.3, -0.25) is 20.3 Å². The molecule has 0 bridgehead atoms. The first-order valence-electron chi connectivity index (χ1n) is 10.9. The van der Waals surface area contributed by atoms with Crippen molar-refractivity contribution in [2.24, 2.45) is 5.73 Å². The van der Waals surface area contributed by atoms with Crippen molar-refractivity contribution in [2.45, 2.75) is 37.5 Å². The SMILES string of the molecule is COc1cc(C2CCN(C(=O)C(C)(O)c3ccccc3)CC2)c(C(F)(F)F)cc1C(=O)NC(=N)N. The number of halogens is 3. The zero-order chi connectivity index (χ0) is 26.0. The van der Waals surface area contributed by atoms with Gasteiger partial charge >= 0.3 is 6.18 Å². The Morgan fingerprint density at radius 3 is 2.29 bits per heavy atom. The summed E-state index contributed by atoms with van der Waals surface area (Å²) >= 11 is 0. The molecule has 0 radical (unpaired) electrons. The lowest BCUT2D eigenvalue weighted by molar-refractivity contribution is -0.152. The number of nitrogens with zero attached hydrogens (tertiary/aromatic N) is 1. The van der Waals surface area contributed by atoms with Crippen molar-refractivity contribution in [3.63, 3.8) is 0 Å². The quantitative estimate of drug-likeness (QED) is 0.377. The minimum absolute atomic E-state index is 0.0457. The highest BCUT2D eigenvalue weighted by atomic mass is 19.4. The Morgan fingerprint density at radius 2 is 1.77 bits per heavy atom. The van der Waals surface area contributed by atoms with Crippen molar-refractivity contribution in [1.29, 1.82) is 5.41 Å². The van der Waals surface area contributed by atoms with E-state index in [1.54, 1.807) is 30.3 Å². The molecule has 1 fully saturated rings. The number of likely N-dealkylation sites (tertiary alicyclic amines) is 1. The second-order valence-electron chi connectivity index (χ2n) is 8.51. The predicted octanol–water partition coefficient (Wildman–Crippen LogP) is 2.95. The Bertz CT molecular complexity index is 1110. The second kappa shape index (κ2) is 9.95. The number of hydrogen-bond donors (Lipinski definition) is 4. The minimum atomic E-state index is -4.75. The number of amides is 2. The lowest BCUT2D eigenvalue weighted by atomic mass is 9.84. The normalized spacial score (nSPS) is 16.3. The molecule has 5 N–H and O–H groups in total. The molecule has 35 heavy (non-hydrogen) atoms. The van der Waals surface area contributed by atoms with Crippen LogP contribution in [0.3, 0.4) is 0 Å². The van der Waals surface area contributed by atoms with E-state index in [9.17, 15) is 27.9 Å². The molecule has 1 saturated heterocycles. The number of carbonyl (C=O) groups excluding carboxylic acids is 2. The van der Waals surface area contributed by atoms with Crippen LogP contribution in [0.2, 0.25) is 0 Å². The zero-order valence-corrected chi connectivity index (χ0v) is 19.3. The molecule has 2 amide bonds. The van der Waals surface area contributed by atoms with Crippen LogP contribution in [0.15, 0.2) is 42.5 Å². The van der Waals surface area contributed by atoms with Crippen LogP contribution in [0.4, 0.5) is 13.2 Å². The fraction of sp³-hybridized carbons (Fsp3) is 0.375. The van der Waals surface area contributed by atoms with E-state index >= 15 is 0 Å². The standard InChI is InChI=1S/C24H27F3N4O4/c1-23(34,15-6-4-3-5-7-15)21(33)31-10-8-14(9-11-31)16-13-19(35-2)17(20(32)30-22(28)29)12-18(16)24(25,26)27/h3-7,12-14,34H,8-11H2,1-2H3,(H4,28,29,30,32). The van der Waals surface area contributed by atoms with E-state index in [0.29, 0.717) is 11.6 Å². The lowest BCUT2D eigenvalue weighted by Crippen LogP contribution is -2.48. The van der Waals surface area contributed by atoms with Crippen LogP contribution < -0.4 is 15.8 Å². The van der Waals surface area contributed by atoms with E-state index < -0.39 is 46.6 Å². The van der Waals surface area contributed by atoms with Gasteiger partial charge in [0.2, 0.25) is 0 Å². The van der Waals surface area contributed by atoms with Crippen LogP contribution in [-0.4, -0.2) is 48.0 Å². The summed E-state index contributed by atoms with van der Waals surface area (Å²) in [6.45, 7) is 1.70. The fourth-order valence-electron chi connectivity index (χ4n) is 4.30. The topological polar surface area (TPSA) is 129 Å². The number of methoxy groups -OCH3 is 1. The molecule has 188 valence electrons. The molecule has 1 aliphatic rings. The number of nitrogens with one attached hydrogen (secondary N) is 2. The van der Waals surface area contributed by atoms with Crippen LogP contribution in [-0.2, 0) is 16.6 Å². The summed E-state index contributed by atoms with van der Waals surface area (Å²) in [5.41, 5.74) is 2.36. The number of benzene rings is 2. The average Bonchev–Trinajstić information content (AvgIpc) is 2.82. The summed E-state index contributed by atoms with van der Waals surface area (Å²) in [7, 11) is 1.23. The van der Waals surface area contributed by atoms with Crippen LogP contribution in [0.5, 0.6) is 5.75 Å². The van der Waals surface area contributed by atoms with Crippen LogP contribution in [0.25, 0.3) is 0 Å². The summed E-state index contributed by atoms with van der Waals surface area (Å²) < 4.78 is 47.0. The monoisotopic (exact) mass is 492 g/mol. The Labute approximate surface area is 200 Å². The highest BCUT2D eigenvalue weighted by Gasteiger charge is 2.41. The average molecular weight is 492 g/mol. The molecular formula is C24H27F3N4O4. The van der Waals surface area contributed by atoms with Gasteiger partial charge in [0, 0.05) is 13.1 Å². The number of nitrogens with two attached hydrogens (primary N) is 1. The molecule has 0 aromatic heterocycles. The summed E-state index contributed by atoms with van der Waals surface area (Å²) in [5, 5.41) is 20.0. The van der Waals surface area contributed by atoms with Crippen LogP contribution in [0.1, 0.15) is 52.7 Å². The summed E-state index contributed by atoms with van der Waals surface area (Å²) in [6.07, 6.45) is -4.31. The second-order valence-corrected chi connectivity index (χ2v) is 8.51. The minimum Gasteiger partial charge on any atom is -0.496 e. The number of hydrogen-bond acceptors (Lipinski definition) is 5. The van der Waals surface area contributed by atoms with Crippen LogP contribution >= 0.6 is 0 Å². The largest absolute Gasteiger partial charge is 0.496 e. The first kappa shape index (κ1) is 26.0. The maximum Gasteiger partial charge on any atom is 0.416 e. The molecule has 2 aromatic rings. The molecule has 0 spiro atoms. The van der Waals surface area contributed by atoms with Crippen LogP contribution in [0, 0.1) is 5.41 Å². The van der Waals surface area contributed by atoms with Crippen molar-refractivity contribution >= 4 is 17.8 Å². The van der Waals surface area contributed by atoms with E-state index in [1.807, 2.05) is 5.32 Å². The van der Waals surface area contributed by atoms with Crippen molar-refractivity contribution in [2.75, 3.05) is 20.2 Å². The van der Waals surface area contributed by atoms with E-state index in [0.717, 1.165) is 0 Å². The summed E-state index contributed by atoms with van der Waals surface area (Å²) in [6, 6.07) is 10.3. The van der Waals surface area contributed by atoms with E-state index in [4.69, 9.17) is 15.9 Å². The number of piperidine rings is 1. The van der Waals surface area contributed by atoms with Crippen molar-refractivity contribution in [3.8, 4) is 5.75 Å². The Hall–Kier alpha value is -3.60. The van der Waals surface area contributed by atoms with Gasteiger partial charge in [-0.25, -0.2) is 0 Å². The van der Waals surface area contributed by atoms with E-state index in [1.165, 1.54) is 25.0 Å². The van der Waals surface area contributed by atoms with E-state index in [-0.39, 0.29) is 37.2 Å². The number of rotatable bonds is 5. The Morgan fingerprint density at radius 1 is 1.17 bits per heavy atom. The highest BCUT2D eigenvalue weighted by molar-refractivity contribution is 6.06. The van der Waals surface area contributed by atoms with Gasteiger partial charge in [-0.1, -0.05) is 30.3 Å². The molecule has 0 saturated carbocycles. The number of guanidine groups is 1. The number of ether oxygens (including phenoxy) is 1. The van der Waals surface area contributed by atoms with Crippen molar-refractivity contribution < 1.29 is 32.6 Å². The van der Waals surface area contributed by atoms with Crippen molar-refractivity contribution in [3.05, 3.63) is 64.7 Å². The molecule has 1 atom stereocenters. The summed E-state index contributed by atoms with van der Waals surface area (Å²) in [5.74, 6) is -2.87. The fourth-order valence-corrected chi connectivity index (χ4v) is 4.30. The third-order valence-corrected chi connectivity index (χ3v) is 6.14. The Kier molecular flexibility index (Phi) is 7.39. The maximum absolute atomic E-state index is 14.0. The molecule has 1 aliphatic heterocycles. The van der Waals surface area contributed by atoms with Gasteiger partial charge in [-0.05, 0) is 48.9 Å². The highest BCUT2D eigenvalue weighted by Crippen LogP contribution is 2.42. The van der Waals surface area contributed by atoms with Gasteiger partial charge in [0.15, 0.2) is 11.6 Å². The molecular weight excluding hydrogens is 465 g/mol. The third kappa shape index (κ3) is 5.56. The van der Waals surface area contributed by atoms with Gasteiger partial charge < -0.3 is 20.5 Å². The van der Waals surface area contributed by atoms with E-state index in [2.05, 4.69) is 0 Å². The molecule has 0 aliphatic carbocycles. The third-order valence-electron chi connectivity index (χ3n) is 6.14. The molecule has 1 unspecified atom stereocenters. The predicted molar refractivity (Wildman–Crippen MR) is 122 cm³/mol. The summed E-state index contributed by atoms with van der Waals surface area (Å²) in [4.78, 5) is 26.7. The van der Waals surface area contributed by atoms with Gasteiger partial charge in [0.05, 0.1) is 18.2 Å². The molecule has 1 heterocycles. The molecule has 3 rings (SSSR count). The first-order valence-corrected chi connectivity index (χ1v) is 10.9. The number of carbonyl (C=O) groups is 2. The molecule has 8 nitrogen and oxygen atoms in total. The van der Waals surface area contributed by atoms with Gasteiger partial charge in [-0.15, -0.1) is 0 Å². The van der Waals surface area contributed by atoms with Gasteiger partial charge in [0.25, 0.3) is 11.8 Å². The lowest BCUT2D eigenvalue weighted by Gasteiger charge is -2.37. The number of alkyl halides is 3. The molecule has 2 aromatic carbocycles. The number of aliphatic hydroxyl groups is 1. The van der Waals surface area contributed by atoms with Gasteiger partial charge in [-0.2, -0.15) is 13.2 Å². The van der Waals surface area contributed by atoms with Crippen molar-refractivity contribution in [1.82, 2.24) is 10.2 Å². The first-order chi connectivity index (χ1) is 16.4. The molecule has 11 heteroatoms.